The molecular weight excluding hydrogens is 263 g/mol. The zero-order chi connectivity index (χ0) is 11.1. The molecule has 0 aromatic heterocycles. The van der Waals surface area contributed by atoms with Crippen molar-refractivity contribution in [3.05, 3.63) is 35.9 Å². The highest BCUT2D eigenvalue weighted by atomic mass is 79.9. The molecule has 0 saturated carbocycles. The molecular formula is C11H12BrFO2. The van der Waals surface area contributed by atoms with Crippen LogP contribution in [0.15, 0.2) is 30.3 Å². The van der Waals surface area contributed by atoms with E-state index in [0.717, 1.165) is 5.56 Å². The predicted octanol–water partition coefficient (Wildman–Crippen LogP) is 2.85. The summed E-state index contributed by atoms with van der Waals surface area (Å²) >= 11 is 3.03. The van der Waals surface area contributed by atoms with Crippen molar-refractivity contribution in [2.24, 2.45) is 0 Å². The molecule has 0 fully saturated rings. The summed E-state index contributed by atoms with van der Waals surface area (Å²) < 4.78 is 17.0. The van der Waals surface area contributed by atoms with Gasteiger partial charge in [-0.05, 0) is 5.56 Å². The van der Waals surface area contributed by atoms with Gasteiger partial charge in [0.15, 0.2) is 0 Å². The standard InChI is InChI=1S/C11H12BrFO2/c12-10(7-13)6-11(14)15-8-9-4-2-1-3-5-9/h1-5,10H,6-8H2. The minimum Gasteiger partial charge on any atom is -0.461 e. The molecule has 82 valence electrons. The van der Waals surface area contributed by atoms with Gasteiger partial charge >= 0.3 is 5.97 Å². The monoisotopic (exact) mass is 274 g/mol. The second kappa shape index (κ2) is 6.56. The summed E-state index contributed by atoms with van der Waals surface area (Å²) in [4.78, 5) is 10.7. The van der Waals surface area contributed by atoms with Gasteiger partial charge in [0.25, 0.3) is 0 Å². The van der Waals surface area contributed by atoms with Crippen LogP contribution >= 0.6 is 15.9 Å². The lowest BCUT2D eigenvalue weighted by Gasteiger charge is -2.06. The van der Waals surface area contributed by atoms with Gasteiger partial charge in [0.05, 0.1) is 11.2 Å². The van der Waals surface area contributed by atoms with E-state index in [0.29, 0.717) is 0 Å². The third kappa shape index (κ3) is 4.93. The third-order valence-electron chi connectivity index (χ3n) is 1.80. The lowest BCUT2D eigenvalue weighted by molar-refractivity contribution is -0.144. The molecule has 0 bridgehead atoms. The number of hydrogen-bond acceptors (Lipinski definition) is 2. The van der Waals surface area contributed by atoms with E-state index >= 15 is 0 Å². The normalized spacial score (nSPS) is 12.1. The minimum atomic E-state index is -0.569. The first-order chi connectivity index (χ1) is 7.22. The first kappa shape index (κ1) is 12.2. The second-order valence-corrected chi connectivity index (χ2v) is 4.40. The maximum absolute atomic E-state index is 12.1. The van der Waals surface area contributed by atoms with Crippen molar-refractivity contribution in [1.29, 1.82) is 0 Å². The van der Waals surface area contributed by atoms with E-state index in [1.54, 1.807) is 0 Å². The van der Waals surface area contributed by atoms with Crippen LogP contribution in [0.4, 0.5) is 4.39 Å². The van der Waals surface area contributed by atoms with Crippen molar-refractivity contribution in [2.45, 2.75) is 17.9 Å². The molecule has 0 aliphatic carbocycles. The number of hydrogen-bond donors (Lipinski definition) is 0. The number of carbonyl (C=O) groups is 1. The van der Waals surface area contributed by atoms with Crippen LogP contribution in [0.1, 0.15) is 12.0 Å². The molecule has 1 aromatic carbocycles. The SMILES string of the molecule is O=C(CC(Br)CF)OCc1ccccc1. The number of alkyl halides is 2. The number of carbonyl (C=O) groups excluding carboxylic acids is 1. The zero-order valence-electron chi connectivity index (χ0n) is 8.16. The van der Waals surface area contributed by atoms with Gasteiger partial charge in [-0.15, -0.1) is 0 Å². The summed E-state index contributed by atoms with van der Waals surface area (Å²) in [5.74, 6) is -0.390. The molecule has 4 heteroatoms. The van der Waals surface area contributed by atoms with Crippen molar-refractivity contribution in [2.75, 3.05) is 6.67 Å². The number of benzene rings is 1. The van der Waals surface area contributed by atoms with Crippen molar-refractivity contribution >= 4 is 21.9 Å². The van der Waals surface area contributed by atoms with Crippen LogP contribution in [0, 0.1) is 0 Å². The Morgan fingerprint density at radius 3 is 2.67 bits per heavy atom. The maximum atomic E-state index is 12.1. The first-order valence-corrected chi connectivity index (χ1v) is 5.53. The van der Waals surface area contributed by atoms with Gasteiger partial charge in [-0.25, -0.2) is 4.39 Å². The number of rotatable bonds is 5. The summed E-state index contributed by atoms with van der Waals surface area (Å²) in [7, 11) is 0. The fraction of sp³-hybridized carbons (Fsp3) is 0.364. The van der Waals surface area contributed by atoms with E-state index in [1.165, 1.54) is 0 Å². The molecule has 1 atom stereocenters. The van der Waals surface area contributed by atoms with Crippen LogP contribution in [0.2, 0.25) is 0 Å². The van der Waals surface area contributed by atoms with Gasteiger partial charge in [-0.2, -0.15) is 0 Å². The van der Waals surface area contributed by atoms with E-state index in [-0.39, 0.29) is 13.0 Å². The van der Waals surface area contributed by atoms with Crippen LogP contribution in [-0.2, 0) is 16.1 Å². The Labute approximate surface area is 96.6 Å². The van der Waals surface area contributed by atoms with Gasteiger partial charge < -0.3 is 4.74 Å². The molecule has 0 amide bonds. The predicted molar refractivity (Wildman–Crippen MR) is 59.5 cm³/mol. The zero-order valence-corrected chi connectivity index (χ0v) is 9.74. The average molecular weight is 275 g/mol. The number of halogens is 2. The smallest absolute Gasteiger partial charge is 0.307 e. The fourth-order valence-corrected chi connectivity index (χ4v) is 1.30. The molecule has 1 rings (SSSR count). The van der Waals surface area contributed by atoms with E-state index < -0.39 is 17.5 Å². The Morgan fingerprint density at radius 1 is 1.40 bits per heavy atom. The lowest BCUT2D eigenvalue weighted by atomic mass is 10.2. The summed E-state index contributed by atoms with van der Waals surface area (Å²) in [6, 6.07) is 9.38. The molecule has 15 heavy (non-hydrogen) atoms. The Balaban J connectivity index is 2.29. The van der Waals surface area contributed by atoms with E-state index in [1.807, 2.05) is 30.3 Å². The highest BCUT2D eigenvalue weighted by Crippen LogP contribution is 2.08. The molecule has 0 heterocycles. The molecule has 1 unspecified atom stereocenters. The molecule has 1 aromatic rings. The van der Waals surface area contributed by atoms with Crippen LogP contribution in [0.5, 0.6) is 0 Å². The van der Waals surface area contributed by atoms with E-state index in [9.17, 15) is 9.18 Å². The van der Waals surface area contributed by atoms with Crippen LogP contribution in [0.3, 0.4) is 0 Å². The minimum absolute atomic E-state index is 0.0589. The maximum Gasteiger partial charge on any atom is 0.307 e. The van der Waals surface area contributed by atoms with Crippen LogP contribution in [-0.4, -0.2) is 17.5 Å². The lowest BCUT2D eigenvalue weighted by Crippen LogP contribution is -2.12. The van der Waals surface area contributed by atoms with Crippen LogP contribution < -0.4 is 0 Å². The Morgan fingerprint density at radius 2 is 2.07 bits per heavy atom. The molecule has 0 aliphatic heterocycles. The largest absolute Gasteiger partial charge is 0.461 e. The van der Waals surface area contributed by atoms with E-state index in [2.05, 4.69) is 15.9 Å². The summed E-state index contributed by atoms with van der Waals surface area (Å²) in [5.41, 5.74) is 0.928. The van der Waals surface area contributed by atoms with Gasteiger partial charge in [0.2, 0.25) is 0 Å². The topological polar surface area (TPSA) is 26.3 Å². The molecule has 0 N–H and O–H groups in total. The average Bonchev–Trinajstić information content (AvgIpc) is 2.27. The highest BCUT2D eigenvalue weighted by molar-refractivity contribution is 9.09. The summed E-state index contributed by atoms with van der Waals surface area (Å²) in [6.45, 7) is -0.327. The molecule has 0 spiro atoms. The van der Waals surface area contributed by atoms with Gasteiger partial charge in [-0.3, -0.25) is 4.79 Å². The van der Waals surface area contributed by atoms with Crippen LogP contribution in [0.25, 0.3) is 0 Å². The second-order valence-electron chi connectivity index (χ2n) is 3.10. The van der Waals surface area contributed by atoms with Gasteiger partial charge in [-0.1, -0.05) is 46.3 Å². The Hall–Kier alpha value is -0.900. The molecule has 0 saturated heterocycles. The fourth-order valence-electron chi connectivity index (χ4n) is 1.03. The molecule has 0 radical (unpaired) electrons. The third-order valence-corrected chi connectivity index (χ3v) is 2.37. The Bertz CT molecular complexity index is 303. The van der Waals surface area contributed by atoms with Crippen molar-refractivity contribution in [3.8, 4) is 0 Å². The Kier molecular flexibility index (Phi) is 5.32. The molecule has 2 nitrogen and oxygen atoms in total. The summed E-state index contributed by atoms with van der Waals surface area (Å²) in [6.07, 6.45) is 0.0589. The van der Waals surface area contributed by atoms with Crippen molar-refractivity contribution in [1.82, 2.24) is 0 Å². The number of ether oxygens (including phenoxy) is 1. The van der Waals surface area contributed by atoms with Gasteiger partial charge in [0, 0.05) is 0 Å². The first-order valence-electron chi connectivity index (χ1n) is 4.62. The van der Waals surface area contributed by atoms with Gasteiger partial charge in [0.1, 0.15) is 13.3 Å². The molecule has 0 aliphatic rings. The van der Waals surface area contributed by atoms with E-state index in [4.69, 9.17) is 4.74 Å². The summed E-state index contributed by atoms with van der Waals surface area (Å²) in [5, 5.41) is 0. The quantitative estimate of drug-likeness (QED) is 0.610. The highest BCUT2D eigenvalue weighted by Gasteiger charge is 2.11. The van der Waals surface area contributed by atoms with Crippen molar-refractivity contribution in [3.63, 3.8) is 0 Å². The number of esters is 1. The van der Waals surface area contributed by atoms with Crippen molar-refractivity contribution < 1.29 is 13.9 Å².